The lowest BCUT2D eigenvalue weighted by molar-refractivity contribution is 0.596. The van der Waals surface area contributed by atoms with Gasteiger partial charge in [-0.2, -0.15) is 0 Å². The molecule has 0 spiro atoms. The van der Waals surface area contributed by atoms with Gasteiger partial charge in [0.2, 0.25) is 9.84 Å². The Morgan fingerprint density at radius 1 is 0.944 bits per heavy atom. The Hall–Kier alpha value is -1.81. The minimum Gasteiger partial charge on any atom is -0.384 e. The molecule has 0 amide bonds. The maximum atomic E-state index is 12.4. The van der Waals surface area contributed by atoms with Crippen LogP contribution in [0.15, 0.2) is 58.3 Å². The van der Waals surface area contributed by atoms with E-state index in [9.17, 15) is 8.42 Å². The second kappa shape index (κ2) is 4.14. The predicted molar refractivity (Wildman–Crippen MR) is 70.5 cm³/mol. The van der Waals surface area contributed by atoms with Gasteiger partial charge in [-0.15, -0.1) is 0 Å². The molecule has 0 radical (unpaired) electrons. The van der Waals surface area contributed by atoms with E-state index in [1.165, 1.54) is 0 Å². The monoisotopic (exact) mass is 259 g/mol. The second-order valence-corrected chi connectivity index (χ2v) is 6.26. The number of nitrogens with one attached hydrogen (secondary N) is 1. The van der Waals surface area contributed by atoms with E-state index in [1.54, 1.807) is 36.4 Å². The van der Waals surface area contributed by atoms with Crippen molar-refractivity contribution in [2.45, 2.75) is 16.2 Å². The molecule has 3 nitrogen and oxygen atoms in total. The molecule has 1 aliphatic rings. The molecule has 0 aromatic heterocycles. The Morgan fingerprint density at radius 3 is 2.50 bits per heavy atom. The van der Waals surface area contributed by atoms with Crippen LogP contribution in [0.1, 0.15) is 5.56 Å². The van der Waals surface area contributed by atoms with E-state index in [2.05, 4.69) is 5.32 Å². The first-order chi connectivity index (χ1) is 8.68. The first-order valence-electron chi connectivity index (χ1n) is 5.85. The summed E-state index contributed by atoms with van der Waals surface area (Å²) in [6.45, 7) is 0.879. The maximum Gasteiger partial charge on any atom is 0.206 e. The van der Waals surface area contributed by atoms with E-state index in [0.717, 1.165) is 24.2 Å². The summed E-state index contributed by atoms with van der Waals surface area (Å²) >= 11 is 0. The van der Waals surface area contributed by atoms with E-state index in [1.807, 2.05) is 12.1 Å². The third kappa shape index (κ3) is 1.78. The summed E-state index contributed by atoms with van der Waals surface area (Å²) in [6.07, 6.45) is 0.882. The van der Waals surface area contributed by atoms with Crippen molar-refractivity contribution in [2.75, 3.05) is 11.9 Å². The highest BCUT2D eigenvalue weighted by molar-refractivity contribution is 7.91. The van der Waals surface area contributed by atoms with Crippen LogP contribution < -0.4 is 5.32 Å². The van der Waals surface area contributed by atoms with E-state index in [4.69, 9.17) is 0 Å². The summed E-state index contributed by atoms with van der Waals surface area (Å²) in [4.78, 5) is 0.715. The minimum absolute atomic E-state index is 0.343. The van der Waals surface area contributed by atoms with Gasteiger partial charge in [0.25, 0.3) is 0 Å². The molecule has 1 aliphatic heterocycles. The topological polar surface area (TPSA) is 46.2 Å². The van der Waals surface area contributed by atoms with Gasteiger partial charge in [0.1, 0.15) is 0 Å². The molecule has 1 N–H and O–H groups in total. The van der Waals surface area contributed by atoms with Crippen molar-refractivity contribution in [2.24, 2.45) is 0 Å². The van der Waals surface area contributed by atoms with Crippen LogP contribution in [0.3, 0.4) is 0 Å². The lowest BCUT2D eigenvalue weighted by Crippen LogP contribution is -2.02. The first kappa shape index (κ1) is 11.3. The van der Waals surface area contributed by atoms with Crippen molar-refractivity contribution in [3.8, 4) is 0 Å². The molecule has 0 fully saturated rings. The summed E-state index contributed by atoms with van der Waals surface area (Å²) in [6, 6.07) is 13.8. The first-order valence-corrected chi connectivity index (χ1v) is 7.33. The van der Waals surface area contributed by atoms with E-state index < -0.39 is 9.84 Å². The maximum absolute atomic E-state index is 12.4. The van der Waals surface area contributed by atoms with E-state index in [0.29, 0.717) is 9.79 Å². The van der Waals surface area contributed by atoms with Gasteiger partial charge < -0.3 is 5.32 Å². The van der Waals surface area contributed by atoms with Crippen molar-refractivity contribution in [1.29, 1.82) is 0 Å². The Bertz CT molecular complexity index is 678. The molecular weight excluding hydrogens is 246 g/mol. The van der Waals surface area contributed by atoms with Gasteiger partial charge in [-0.05, 0) is 42.3 Å². The van der Waals surface area contributed by atoms with E-state index in [-0.39, 0.29) is 0 Å². The molecule has 0 atom stereocenters. The fourth-order valence-electron chi connectivity index (χ4n) is 2.18. The normalized spacial score (nSPS) is 14.0. The van der Waals surface area contributed by atoms with Gasteiger partial charge in [0.05, 0.1) is 9.79 Å². The molecule has 0 saturated heterocycles. The number of rotatable bonds is 2. The number of hydrogen-bond acceptors (Lipinski definition) is 3. The van der Waals surface area contributed by atoms with Crippen LogP contribution in [-0.2, 0) is 16.3 Å². The molecule has 92 valence electrons. The zero-order valence-electron chi connectivity index (χ0n) is 9.76. The Balaban J connectivity index is 2.10. The molecule has 18 heavy (non-hydrogen) atoms. The summed E-state index contributed by atoms with van der Waals surface area (Å²) < 4.78 is 24.8. The van der Waals surface area contributed by atoms with Crippen LogP contribution in [0.5, 0.6) is 0 Å². The standard InChI is InChI=1S/C14H13NO2S/c16-18(17,12-4-2-1-3-5-12)13-6-7-14-11(10-13)8-9-15-14/h1-7,10,15H,8-9H2. The molecule has 0 unspecified atom stereocenters. The highest BCUT2D eigenvalue weighted by Crippen LogP contribution is 2.28. The SMILES string of the molecule is O=S(=O)(c1ccccc1)c1ccc2c(c1)CCN2. The summed E-state index contributed by atoms with van der Waals surface area (Å²) in [7, 11) is -3.39. The van der Waals surface area contributed by atoms with Crippen molar-refractivity contribution >= 4 is 15.5 Å². The molecule has 0 saturated carbocycles. The fourth-order valence-corrected chi connectivity index (χ4v) is 3.52. The third-order valence-electron chi connectivity index (χ3n) is 3.15. The summed E-state index contributed by atoms with van der Waals surface area (Å²) in [5.41, 5.74) is 2.12. The number of benzene rings is 2. The summed E-state index contributed by atoms with van der Waals surface area (Å²) in [5.74, 6) is 0. The third-order valence-corrected chi connectivity index (χ3v) is 4.92. The smallest absolute Gasteiger partial charge is 0.206 e. The lowest BCUT2D eigenvalue weighted by Gasteiger charge is -2.06. The highest BCUT2D eigenvalue weighted by atomic mass is 32.2. The highest BCUT2D eigenvalue weighted by Gasteiger charge is 2.19. The van der Waals surface area contributed by atoms with Crippen LogP contribution in [0.2, 0.25) is 0 Å². The van der Waals surface area contributed by atoms with Crippen LogP contribution in [0.25, 0.3) is 0 Å². The fraction of sp³-hybridized carbons (Fsp3) is 0.143. The minimum atomic E-state index is -3.39. The van der Waals surface area contributed by atoms with Gasteiger partial charge in [0.15, 0.2) is 0 Å². The Kier molecular flexibility index (Phi) is 2.59. The van der Waals surface area contributed by atoms with Crippen molar-refractivity contribution in [3.63, 3.8) is 0 Å². The van der Waals surface area contributed by atoms with Crippen molar-refractivity contribution in [3.05, 3.63) is 54.1 Å². The molecule has 3 rings (SSSR count). The average molecular weight is 259 g/mol. The molecule has 2 aromatic rings. The number of sulfone groups is 1. The van der Waals surface area contributed by atoms with Crippen LogP contribution >= 0.6 is 0 Å². The zero-order valence-corrected chi connectivity index (χ0v) is 10.6. The number of fused-ring (bicyclic) bond motifs is 1. The van der Waals surface area contributed by atoms with Gasteiger partial charge in [-0.1, -0.05) is 18.2 Å². The quantitative estimate of drug-likeness (QED) is 0.901. The molecular formula is C14H13NO2S. The van der Waals surface area contributed by atoms with Gasteiger partial charge in [-0.25, -0.2) is 8.42 Å². The largest absolute Gasteiger partial charge is 0.384 e. The zero-order chi connectivity index (χ0) is 12.6. The average Bonchev–Trinajstić information content (AvgIpc) is 2.87. The molecule has 2 aromatic carbocycles. The van der Waals surface area contributed by atoms with E-state index >= 15 is 0 Å². The van der Waals surface area contributed by atoms with Crippen molar-refractivity contribution in [1.82, 2.24) is 0 Å². The molecule has 4 heteroatoms. The molecule has 0 bridgehead atoms. The van der Waals surface area contributed by atoms with Crippen LogP contribution in [0.4, 0.5) is 5.69 Å². The predicted octanol–water partition coefficient (Wildman–Crippen LogP) is 2.49. The van der Waals surface area contributed by atoms with Gasteiger partial charge in [0, 0.05) is 12.2 Å². The van der Waals surface area contributed by atoms with Gasteiger partial charge >= 0.3 is 0 Å². The second-order valence-electron chi connectivity index (χ2n) is 4.31. The molecule has 1 heterocycles. The van der Waals surface area contributed by atoms with Gasteiger partial charge in [-0.3, -0.25) is 0 Å². The van der Waals surface area contributed by atoms with Crippen molar-refractivity contribution < 1.29 is 8.42 Å². The summed E-state index contributed by atoms with van der Waals surface area (Å²) in [5, 5.41) is 3.22. The Morgan fingerprint density at radius 2 is 1.72 bits per heavy atom. The lowest BCUT2D eigenvalue weighted by atomic mass is 10.2. The number of hydrogen-bond donors (Lipinski definition) is 1. The Labute approximate surface area is 106 Å². The van der Waals surface area contributed by atoms with Crippen LogP contribution in [0, 0.1) is 0 Å². The molecule has 0 aliphatic carbocycles. The number of anilines is 1. The van der Waals surface area contributed by atoms with Crippen LogP contribution in [-0.4, -0.2) is 15.0 Å².